The predicted octanol–water partition coefficient (Wildman–Crippen LogP) is 0.636. The Morgan fingerprint density at radius 1 is 1.36 bits per heavy atom. The fraction of sp³-hybridized carbons (Fsp3) is 0.533. The second-order valence-electron chi connectivity index (χ2n) is 5.68. The predicted molar refractivity (Wildman–Crippen MR) is 89.2 cm³/mol. The molecule has 1 amide bonds. The SMILES string of the molecule is COCCN(C(=O)COc1ccc([N+](=O)[O-])cc1)[C@@H]1CCS(=O)(=O)C1. The van der Waals surface area contributed by atoms with Crippen molar-refractivity contribution in [1.29, 1.82) is 0 Å². The van der Waals surface area contributed by atoms with E-state index in [0.717, 1.165) is 0 Å². The van der Waals surface area contributed by atoms with E-state index in [1.54, 1.807) is 0 Å². The van der Waals surface area contributed by atoms with Crippen LogP contribution in [0.15, 0.2) is 24.3 Å². The Labute approximate surface area is 145 Å². The van der Waals surface area contributed by atoms with Crippen LogP contribution in [-0.4, -0.2) is 68.6 Å². The lowest BCUT2D eigenvalue weighted by atomic mass is 10.2. The van der Waals surface area contributed by atoms with Gasteiger partial charge in [0, 0.05) is 31.8 Å². The van der Waals surface area contributed by atoms with Gasteiger partial charge in [0.2, 0.25) is 0 Å². The van der Waals surface area contributed by atoms with E-state index in [1.165, 1.54) is 36.3 Å². The van der Waals surface area contributed by atoms with Gasteiger partial charge >= 0.3 is 0 Å². The summed E-state index contributed by atoms with van der Waals surface area (Å²) >= 11 is 0. The maximum absolute atomic E-state index is 12.4. The molecular formula is C15H20N2O7S. The van der Waals surface area contributed by atoms with Crippen molar-refractivity contribution in [2.75, 3.05) is 38.4 Å². The molecule has 9 nitrogen and oxygen atoms in total. The summed E-state index contributed by atoms with van der Waals surface area (Å²) in [5.74, 6) is -0.0142. The molecule has 0 unspecified atom stereocenters. The van der Waals surface area contributed by atoms with Crippen LogP contribution in [0.3, 0.4) is 0 Å². The monoisotopic (exact) mass is 372 g/mol. The number of nitrogens with zero attached hydrogens (tertiary/aromatic N) is 2. The van der Waals surface area contributed by atoms with E-state index in [4.69, 9.17) is 9.47 Å². The summed E-state index contributed by atoms with van der Waals surface area (Å²) in [6.45, 7) is 0.289. The average Bonchev–Trinajstić information content (AvgIpc) is 2.93. The maximum atomic E-state index is 12.4. The summed E-state index contributed by atoms with van der Waals surface area (Å²) in [5.41, 5.74) is -0.0726. The van der Waals surface area contributed by atoms with Gasteiger partial charge in [-0.15, -0.1) is 0 Å². The highest BCUT2D eigenvalue weighted by Gasteiger charge is 2.34. The van der Waals surface area contributed by atoms with Crippen LogP contribution >= 0.6 is 0 Å². The van der Waals surface area contributed by atoms with Crippen molar-refractivity contribution < 1.29 is 27.6 Å². The van der Waals surface area contributed by atoms with Gasteiger partial charge in [0.1, 0.15) is 5.75 Å². The quantitative estimate of drug-likeness (QED) is 0.485. The van der Waals surface area contributed by atoms with E-state index in [9.17, 15) is 23.3 Å². The van der Waals surface area contributed by atoms with Crippen LogP contribution in [-0.2, 0) is 19.4 Å². The fourth-order valence-corrected chi connectivity index (χ4v) is 4.34. The number of nitro groups is 1. The topological polar surface area (TPSA) is 116 Å². The number of amides is 1. The second-order valence-corrected chi connectivity index (χ2v) is 7.91. The van der Waals surface area contributed by atoms with E-state index >= 15 is 0 Å². The Kier molecular flexibility index (Phi) is 6.32. The molecular weight excluding hydrogens is 352 g/mol. The molecule has 1 aromatic rings. The van der Waals surface area contributed by atoms with Crippen LogP contribution in [0.4, 0.5) is 5.69 Å². The number of non-ortho nitro benzene ring substituents is 1. The molecule has 0 aliphatic carbocycles. The second kappa shape index (κ2) is 8.26. The molecule has 1 heterocycles. The molecule has 1 aliphatic rings. The molecule has 25 heavy (non-hydrogen) atoms. The summed E-state index contributed by atoms with van der Waals surface area (Å²) in [5, 5.41) is 10.6. The number of hydrogen-bond donors (Lipinski definition) is 0. The first kappa shape index (κ1) is 19.1. The van der Waals surface area contributed by atoms with Crippen molar-refractivity contribution in [3.8, 4) is 5.75 Å². The van der Waals surface area contributed by atoms with Crippen molar-refractivity contribution in [2.45, 2.75) is 12.5 Å². The highest BCUT2D eigenvalue weighted by molar-refractivity contribution is 7.91. The minimum atomic E-state index is -3.12. The smallest absolute Gasteiger partial charge is 0.269 e. The zero-order valence-corrected chi connectivity index (χ0v) is 14.6. The normalized spacial score (nSPS) is 18.7. The number of rotatable bonds is 8. The zero-order chi connectivity index (χ0) is 18.4. The van der Waals surface area contributed by atoms with Crippen molar-refractivity contribution in [2.24, 2.45) is 0 Å². The first-order valence-electron chi connectivity index (χ1n) is 7.68. The van der Waals surface area contributed by atoms with Crippen molar-refractivity contribution in [1.82, 2.24) is 4.90 Å². The molecule has 0 aromatic heterocycles. The number of sulfone groups is 1. The lowest BCUT2D eigenvalue weighted by molar-refractivity contribution is -0.384. The van der Waals surface area contributed by atoms with Gasteiger partial charge in [-0.25, -0.2) is 8.42 Å². The lowest BCUT2D eigenvalue weighted by Crippen LogP contribution is -2.45. The molecule has 1 aliphatic heterocycles. The van der Waals surface area contributed by atoms with E-state index in [0.29, 0.717) is 18.8 Å². The van der Waals surface area contributed by atoms with Crippen LogP contribution in [0, 0.1) is 10.1 Å². The summed E-state index contributed by atoms with van der Waals surface area (Å²) < 4.78 is 33.7. The number of methoxy groups -OCH3 is 1. The van der Waals surface area contributed by atoms with Crippen LogP contribution in [0.25, 0.3) is 0 Å². The highest BCUT2D eigenvalue weighted by atomic mass is 32.2. The molecule has 1 saturated heterocycles. The summed E-state index contributed by atoms with van der Waals surface area (Å²) in [6, 6.07) is 5.00. The van der Waals surface area contributed by atoms with Gasteiger partial charge in [-0.3, -0.25) is 14.9 Å². The summed E-state index contributed by atoms with van der Waals surface area (Å²) in [6.07, 6.45) is 0.398. The van der Waals surface area contributed by atoms with E-state index in [1.807, 2.05) is 0 Å². The molecule has 1 fully saturated rings. The van der Waals surface area contributed by atoms with Gasteiger partial charge in [0.15, 0.2) is 16.4 Å². The van der Waals surface area contributed by atoms with Crippen LogP contribution in [0.1, 0.15) is 6.42 Å². The van der Waals surface area contributed by atoms with Crippen molar-refractivity contribution in [3.63, 3.8) is 0 Å². The van der Waals surface area contributed by atoms with Crippen LogP contribution in [0.5, 0.6) is 5.75 Å². The molecule has 2 rings (SSSR count). The maximum Gasteiger partial charge on any atom is 0.269 e. The molecule has 1 atom stereocenters. The molecule has 0 radical (unpaired) electrons. The van der Waals surface area contributed by atoms with Gasteiger partial charge in [0.05, 0.1) is 23.0 Å². The summed E-state index contributed by atoms with van der Waals surface area (Å²) in [7, 11) is -1.62. The zero-order valence-electron chi connectivity index (χ0n) is 13.8. The number of hydrogen-bond acceptors (Lipinski definition) is 7. The van der Waals surface area contributed by atoms with Gasteiger partial charge < -0.3 is 14.4 Å². The summed E-state index contributed by atoms with van der Waals surface area (Å²) in [4.78, 5) is 24.0. The van der Waals surface area contributed by atoms with Gasteiger partial charge in [-0.2, -0.15) is 0 Å². The Bertz CT molecular complexity index is 718. The number of carbonyl (C=O) groups is 1. The van der Waals surface area contributed by atoms with Gasteiger partial charge in [-0.1, -0.05) is 0 Å². The molecule has 1 aromatic carbocycles. The van der Waals surface area contributed by atoms with Crippen molar-refractivity contribution >= 4 is 21.4 Å². The third kappa shape index (κ3) is 5.40. The van der Waals surface area contributed by atoms with Crippen LogP contribution in [0.2, 0.25) is 0 Å². The standard InChI is InChI=1S/C15H20N2O7S/c1-23-8-7-16(13-6-9-25(21,22)11-13)15(18)10-24-14-4-2-12(3-5-14)17(19)20/h2-5,13H,6-11H2,1H3/t13-/m1/s1. The molecule has 0 bridgehead atoms. The number of carbonyl (C=O) groups excluding carboxylic acids is 1. The number of ether oxygens (including phenoxy) is 2. The lowest BCUT2D eigenvalue weighted by Gasteiger charge is -2.28. The Morgan fingerprint density at radius 3 is 2.56 bits per heavy atom. The Hall–Kier alpha value is -2.20. The minimum Gasteiger partial charge on any atom is -0.484 e. The first-order chi connectivity index (χ1) is 11.8. The Morgan fingerprint density at radius 2 is 2.04 bits per heavy atom. The molecule has 0 spiro atoms. The molecule has 0 saturated carbocycles. The molecule has 138 valence electrons. The van der Waals surface area contributed by atoms with Crippen molar-refractivity contribution in [3.05, 3.63) is 34.4 Å². The molecule has 0 N–H and O–H groups in total. The van der Waals surface area contributed by atoms with Gasteiger partial charge in [0.25, 0.3) is 11.6 Å². The minimum absolute atomic E-state index is 0.0556. The van der Waals surface area contributed by atoms with E-state index < -0.39 is 14.8 Å². The number of nitro benzene ring substituents is 1. The largest absolute Gasteiger partial charge is 0.484 e. The highest BCUT2D eigenvalue weighted by Crippen LogP contribution is 2.20. The van der Waals surface area contributed by atoms with Crippen LogP contribution < -0.4 is 4.74 Å². The third-order valence-electron chi connectivity index (χ3n) is 3.92. The average molecular weight is 372 g/mol. The fourth-order valence-electron chi connectivity index (χ4n) is 2.61. The number of benzene rings is 1. The van der Waals surface area contributed by atoms with E-state index in [-0.39, 0.29) is 42.3 Å². The first-order valence-corrected chi connectivity index (χ1v) is 9.50. The third-order valence-corrected chi connectivity index (χ3v) is 5.67. The molecule has 10 heteroatoms. The van der Waals surface area contributed by atoms with Gasteiger partial charge in [-0.05, 0) is 18.6 Å². The Balaban J connectivity index is 1.97. The van der Waals surface area contributed by atoms with E-state index in [2.05, 4.69) is 0 Å².